The Morgan fingerprint density at radius 3 is 2.70 bits per heavy atom. The summed E-state index contributed by atoms with van der Waals surface area (Å²) in [5.74, 6) is 0.237. The molecule has 0 spiro atoms. The largest absolute Gasteiger partial charge is 0.388 e. The van der Waals surface area contributed by atoms with Crippen molar-refractivity contribution in [3.63, 3.8) is 0 Å². The number of nitrogens with two attached hydrogens (primary N) is 1. The molecule has 5 heteroatoms. The molecule has 0 radical (unpaired) electrons. The van der Waals surface area contributed by atoms with E-state index in [0.717, 1.165) is 26.1 Å². The number of hydrogen-bond acceptors (Lipinski definition) is 3. The van der Waals surface area contributed by atoms with Crippen molar-refractivity contribution < 1.29 is 0 Å². The second-order valence-electron chi connectivity index (χ2n) is 4.75. The summed E-state index contributed by atoms with van der Waals surface area (Å²) in [6.07, 6.45) is 7.23. The molecule has 0 bridgehead atoms. The number of aryl methyl sites for hydroxylation is 1. The summed E-state index contributed by atoms with van der Waals surface area (Å²) >= 11 is 0. The van der Waals surface area contributed by atoms with Gasteiger partial charge in [0.15, 0.2) is 0 Å². The van der Waals surface area contributed by atoms with Crippen molar-refractivity contribution in [3.8, 4) is 0 Å². The Hall–Kier alpha value is -2.30. The van der Waals surface area contributed by atoms with E-state index in [9.17, 15) is 0 Å². The molecular formula is C15H21N5. The first-order valence-corrected chi connectivity index (χ1v) is 6.84. The number of nitrogens with one attached hydrogen (secondary N) is 1. The number of benzene rings is 1. The quantitative estimate of drug-likeness (QED) is 0.570. The lowest BCUT2D eigenvalue weighted by Crippen LogP contribution is -2.29. The lowest BCUT2D eigenvalue weighted by Gasteiger charge is -2.24. The molecule has 0 aliphatic heterocycles. The average Bonchev–Trinajstić information content (AvgIpc) is 2.96. The van der Waals surface area contributed by atoms with Crippen LogP contribution in [-0.2, 0) is 6.54 Å². The van der Waals surface area contributed by atoms with Crippen LogP contribution in [0.25, 0.3) is 0 Å². The zero-order chi connectivity index (χ0) is 14.2. The molecule has 3 N–H and O–H groups in total. The number of amidine groups is 1. The topological polar surface area (TPSA) is 70.9 Å². The van der Waals surface area contributed by atoms with E-state index in [-0.39, 0.29) is 5.84 Å². The highest BCUT2D eigenvalue weighted by Gasteiger charge is 2.06. The van der Waals surface area contributed by atoms with Crippen molar-refractivity contribution in [3.05, 3.63) is 49.1 Å². The molecule has 0 fully saturated rings. The van der Waals surface area contributed by atoms with E-state index < -0.39 is 0 Å². The third kappa shape index (κ3) is 4.42. The molecular weight excluding hydrogens is 250 g/mol. The molecule has 0 saturated heterocycles. The Kier molecular flexibility index (Phi) is 5.17. The van der Waals surface area contributed by atoms with Gasteiger partial charge in [0.2, 0.25) is 0 Å². The maximum absolute atomic E-state index is 7.38. The summed E-state index contributed by atoms with van der Waals surface area (Å²) in [6.45, 7) is 2.67. The molecule has 20 heavy (non-hydrogen) atoms. The first-order chi connectivity index (χ1) is 9.75. The van der Waals surface area contributed by atoms with Crippen molar-refractivity contribution in [2.24, 2.45) is 5.73 Å². The number of imidazole rings is 1. The van der Waals surface area contributed by atoms with Gasteiger partial charge < -0.3 is 15.2 Å². The number of para-hydroxylation sites is 1. The highest BCUT2D eigenvalue weighted by atomic mass is 15.1. The third-order valence-corrected chi connectivity index (χ3v) is 3.18. The van der Waals surface area contributed by atoms with Crippen LogP contribution < -0.4 is 10.6 Å². The second kappa shape index (κ2) is 7.33. The molecule has 1 heterocycles. The van der Waals surface area contributed by atoms with E-state index in [1.807, 2.05) is 30.7 Å². The summed E-state index contributed by atoms with van der Waals surface area (Å²) in [6, 6.07) is 10.3. The monoisotopic (exact) mass is 271 g/mol. The smallest absolute Gasteiger partial charge is 0.0945 e. The van der Waals surface area contributed by atoms with Crippen LogP contribution in [0.2, 0.25) is 0 Å². The maximum atomic E-state index is 7.38. The zero-order valence-corrected chi connectivity index (χ0v) is 11.6. The van der Waals surface area contributed by atoms with E-state index in [1.54, 1.807) is 6.20 Å². The van der Waals surface area contributed by atoms with Crippen molar-refractivity contribution in [1.82, 2.24) is 9.55 Å². The summed E-state index contributed by atoms with van der Waals surface area (Å²) in [5.41, 5.74) is 6.65. The fourth-order valence-electron chi connectivity index (χ4n) is 2.13. The van der Waals surface area contributed by atoms with E-state index in [1.165, 1.54) is 5.69 Å². The van der Waals surface area contributed by atoms with Crippen LogP contribution in [0.1, 0.15) is 12.8 Å². The minimum absolute atomic E-state index is 0.237. The molecule has 1 aromatic heterocycles. The molecule has 2 aromatic rings. The minimum Gasteiger partial charge on any atom is -0.388 e. The molecule has 0 atom stereocenters. The second-order valence-corrected chi connectivity index (χ2v) is 4.75. The Labute approximate surface area is 119 Å². The highest BCUT2D eigenvalue weighted by Crippen LogP contribution is 2.14. The summed E-state index contributed by atoms with van der Waals surface area (Å²) in [7, 11) is 0. The average molecular weight is 271 g/mol. The summed E-state index contributed by atoms with van der Waals surface area (Å²) < 4.78 is 2.08. The van der Waals surface area contributed by atoms with Gasteiger partial charge in [-0.25, -0.2) is 4.98 Å². The van der Waals surface area contributed by atoms with Gasteiger partial charge in [0.25, 0.3) is 0 Å². The molecule has 5 nitrogen and oxygen atoms in total. The highest BCUT2D eigenvalue weighted by molar-refractivity contribution is 5.77. The Morgan fingerprint density at radius 1 is 1.25 bits per heavy atom. The molecule has 0 unspecified atom stereocenters. The number of hydrogen-bond donors (Lipinski definition) is 2. The Morgan fingerprint density at radius 2 is 2.05 bits per heavy atom. The van der Waals surface area contributed by atoms with Crippen LogP contribution >= 0.6 is 0 Å². The predicted octanol–water partition coefficient (Wildman–Crippen LogP) is 2.11. The SMILES string of the molecule is N=C(N)CCN(CCCn1ccnc1)c1ccccc1. The van der Waals surface area contributed by atoms with Gasteiger partial charge in [0, 0.05) is 44.1 Å². The van der Waals surface area contributed by atoms with Crippen LogP contribution in [0.5, 0.6) is 0 Å². The first kappa shape index (κ1) is 14.1. The van der Waals surface area contributed by atoms with Gasteiger partial charge in [-0.3, -0.25) is 5.41 Å². The van der Waals surface area contributed by atoms with E-state index >= 15 is 0 Å². The van der Waals surface area contributed by atoms with E-state index in [4.69, 9.17) is 11.1 Å². The Bertz CT molecular complexity index is 506. The molecule has 0 aliphatic rings. The molecule has 106 valence electrons. The van der Waals surface area contributed by atoms with Crippen LogP contribution in [0, 0.1) is 5.41 Å². The van der Waals surface area contributed by atoms with Crippen molar-refractivity contribution >= 4 is 11.5 Å². The van der Waals surface area contributed by atoms with Gasteiger partial charge in [-0.05, 0) is 18.6 Å². The van der Waals surface area contributed by atoms with E-state index in [0.29, 0.717) is 6.42 Å². The van der Waals surface area contributed by atoms with Crippen molar-refractivity contribution in [1.29, 1.82) is 5.41 Å². The molecule has 0 saturated carbocycles. The standard InChI is InChI=1S/C15H21N5/c16-15(17)7-11-20(14-5-2-1-3-6-14)10-4-9-19-12-8-18-13-19/h1-3,5-6,8,12-13H,4,7,9-11H2,(H3,16,17). The summed E-state index contributed by atoms with van der Waals surface area (Å²) in [5, 5.41) is 7.38. The third-order valence-electron chi connectivity index (χ3n) is 3.18. The van der Waals surface area contributed by atoms with Gasteiger partial charge in [-0.15, -0.1) is 0 Å². The van der Waals surface area contributed by atoms with Crippen LogP contribution in [-0.4, -0.2) is 28.5 Å². The van der Waals surface area contributed by atoms with Gasteiger partial charge in [-0.2, -0.15) is 0 Å². The minimum atomic E-state index is 0.237. The van der Waals surface area contributed by atoms with Gasteiger partial charge in [-0.1, -0.05) is 18.2 Å². The number of nitrogens with zero attached hydrogens (tertiary/aromatic N) is 3. The predicted molar refractivity (Wildman–Crippen MR) is 82.0 cm³/mol. The van der Waals surface area contributed by atoms with Gasteiger partial charge >= 0.3 is 0 Å². The Balaban J connectivity index is 1.90. The molecule has 0 aliphatic carbocycles. The number of anilines is 1. The van der Waals surface area contributed by atoms with Gasteiger partial charge in [0.1, 0.15) is 0 Å². The number of rotatable bonds is 8. The maximum Gasteiger partial charge on any atom is 0.0945 e. The molecule has 1 aromatic carbocycles. The molecule has 0 amide bonds. The van der Waals surface area contributed by atoms with Crippen molar-refractivity contribution in [2.45, 2.75) is 19.4 Å². The fraction of sp³-hybridized carbons (Fsp3) is 0.333. The zero-order valence-electron chi connectivity index (χ0n) is 11.6. The summed E-state index contributed by atoms with van der Waals surface area (Å²) in [4.78, 5) is 6.32. The lowest BCUT2D eigenvalue weighted by atomic mass is 10.2. The fourth-order valence-corrected chi connectivity index (χ4v) is 2.13. The normalized spacial score (nSPS) is 10.4. The first-order valence-electron chi connectivity index (χ1n) is 6.84. The van der Waals surface area contributed by atoms with Crippen LogP contribution in [0.4, 0.5) is 5.69 Å². The molecule has 2 rings (SSSR count). The van der Waals surface area contributed by atoms with Gasteiger partial charge in [0.05, 0.1) is 12.2 Å². The number of aromatic nitrogens is 2. The lowest BCUT2D eigenvalue weighted by molar-refractivity contribution is 0.623. The van der Waals surface area contributed by atoms with Crippen LogP contribution in [0.3, 0.4) is 0 Å². The van der Waals surface area contributed by atoms with E-state index in [2.05, 4.69) is 26.6 Å². The van der Waals surface area contributed by atoms with Crippen LogP contribution in [0.15, 0.2) is 49.1 Å². The van der Waals surface area contributed by atoms with Crippen molar-refractivity contribution in [2.75, 3.05) is 18.0 Å².